The molecule has 0 fully saturated rings. The Hall–Kier alpha value is -4.66. The van der Waals surface area contributed by atoms with E-state index in [0.29, 0.717) is 39.3 Å². The van der Waals surface area contributed by atoms with Crippen molar-refractivity contribution in [2.45, 2.75) is 6.92 Å². The van der Waals surface area contributed by atoms with Crippen LogP contribution in [0.5, 0.6) is 5.75 Å². The quantitative estimate of drug-likeness (QED) is 0.367. The molecule has 1 aromatic carbocycles. The first-order chi connectivity index (χ1) is 16.1. The molecule has 0 aliphatic heterocycles. The zero-order valence-corrected chi connectivity index (χ0v) is 17.3. The van der Waals surface area contributed by atoms with Gasteiger partial charge < -0.3 is 10.1 Å². The highest BCUT2D eigenvalue weighted by molar-refractivity contribution is 5.95. The molecule has 3 N–H and O–H groups in total. The molecule has 8 nitrogen and oxygen atoms in total. The first kappa shape index (κ1) is 19.1. The largest absolute Gasteiger partial charge is 0.508 e. The monoisotopic (exact) mass is 437 g/mol. The Bertz CT molecular complexity index is 1650. The lowest BCUT2D eigenvalue weighted by Gasteiger charge is -2.04. The van der Waals surface area contributed by atoms with Crippen LogP contribution in [0.4, 0.5) is 4.39 Å². The second kappa shape index (κ2) is 7.20. The van der Waals surface area contributed by atoms with Crippen molar-refractivity contribution >= 4 is 22.2 Å². The summed E-state index contributed by atoms with van der Waals surface area (Å²) in [6.45, 7) is 2.01. The number of hydrogen-bond acceptors (Lipinski definition) is 6. The summed E-state index contributed by atoms with van der Waals surface area (Å²) in [4.78, 5) is 21.2. The van der Waals surface area contributed by atoms with Crippen molar-refractivity contribution < 1.29 is 9.50 Å². The van der Waals surface area contributed by atoms with Crippen molar-refractivity contribution in [1.29, 1.82) is 0 Å². The van der Waals surface area contributed by atoms with Crippen LogP contribution in [-0.4, -0.2) is 40.2 Å². The molecular formula is C24H16FN7O. The summed E-state index contributed by atoms with van der Waals surface area (Å²) in [6.07, 6.45) is 5.13. The molecule has 0 aliphatic carbocycles. The minimum Gasteiger partial charge on any atom is -0.508 e. The molecular weight excluding hydrogens is 421 g/mol. The molecule has 0 aliphatic rings. The van der Waals surface area contributed by atoms with E-state index >= 15 is 0 Å². The summed E-state index contributed by atoms with van der Waals surface area (Å²) in [6, 6.07) is 11.4. The predicted octanol–water partition coefficient (Wildman–Crippen LogP) is 4.78. The lowest BCUT2D eigenvalue weighted by atomic mass is 10.1. The Balaban J connectivity index is 1.52. The molecule has 9 heteroatoms. The molecule has 33 heavy (non-hydrogen) atoms. The van der Waals surface area contributed by atoms with Crippen LogP contribution in [-0.2, 0) is 0 Å². The molecule has 0 atom stereocenters. The van der Waals surface area contributed by atoms with Crippen LogP contribution >= 0.6 is 0 Å². The van der Waals surface area contributed by atoms with E-state index in [0.717, 1.165) is 28.4 Å². The Morgan fingerprint density at radius 3 is 2.73 bits per heavy atom. The number of aromatic amines is 2. The fraction of sp³-hybridized carbons (Fsp3) is 0.0417. The van der Waals surface area contributed by atoms with Crippen molar-refractivity contribution in [3.63, 3.8) is 0 Å². The topological polar surface area (TPSA) is 116 Å². The Morgan fingerprint density at radius 2 is 1.88 bits per heavy atom. The number of rotatable bonds is 3. The minimum absolute atomic E-state index is 0.157. The molecule has 0 unspecified atom stereocenters. The van der Waals surface area contributed by atoms with Gasteiger partial charge in [0.15, 0.2) is 17.2 Å². The molecule has 0 spiro atoms. The van der Waals surface area contributed by atoms with E-state index in [-0.39, 0.29) is 5.75 Å². The Morgan fingerprint density at radius 1 is 0.970 bits per heavy atom. The highest BCUT2D eigenvalue weighted by atomic mass is 19.1. The summed E-state index contributed by atoms with van der Waals surface area (Å²) >= 11 is 0. The van der Waals surface area contributed by atoms with Gasteiger partial charge in [0, 0.05) is 35.8 Å². The summed E-state index contributed by atoms with van der Waals surface area (Å²) in [7, 11) is 0. The summed E-state index contributed by atoms with van der Waals surface area (Å²) in [5, 5.41) is 17.3. The molecule has 5 heterocycles. The number of imidazole rings is 1. The second-order valence-electron chi connectivity index (χ2n) is 7.70. The number of aryl methyl sites for hydroxylation is 1. The Labute approximate surface area is 186 Å². The zero-order valence-electron chi connectivity index (χ0n) is 17.3. The Kier molecular flexibility index (Phi) is 4.16. The van der Waals surface area contributed by atoms with Gasteiger partial charge >= 0.3 is 0 Å². The van der Waals surface area contributed by atoms with Gasteiger partial charge in [-0.2, -0.15) is 5.10 Å². The molecule has 0 saturated heterocycles. The van der Waals surface area contributed by atoms with E-state index in [9.17, 15) is 9.50 Å². The predicted molar refractivity (Wildman–Crippen MR) is 122 cm³/mol. The van der Waals surface area contributed by atoms with Crippen LogP contribution in [0.1, 0.15) is 5.56 Å². The number of aromatic hydroxyl groups is 1. The standard InChI is InChI=1S/C24H16FN7O/c1-12-4-6-26-11-17(12)18-2-3-19-21(28-18)22(32-31-19)24-29-20-16(5-7-27-23(20)30-24)13-8-14(25)10-15(33)9-13/h2-11,33H,1H3,(H,31,32)(H,27,29,30). The lowest BCUT2D eigenvalue weighted by Crippen LogP contribution is -1.90. The van der Waals surface area contributed by atoms with Gasteiger partial charge in [-0.05, 0) is 54.4 Å². The van der Waals surface area contributed by atoms with E-state index in [2.05, 4.69) is 30.1 Å². The third-order valence-corrected chi connectivity index (χ3v) is 5.53. The van der Waals surface area contributed by atoms with Crippen LogP contribution in [0.2, 0.25) is 0 Å². The van der Waals surface area contributed by atoms with Crippen LogP contribution in [0.25, 0.3) is 56.1 Å². The van der Waals surface area contributed by atoms with Gasteiger partial charge in [-0.3, -0.25) is 10.1 Å². The number of H-pyrrole nitrogens is 2. The number of nitrogens with one attached hydrogen (secondary N) is 2. The van der Waals surface area contributed by atoms with E-state index in [1.165, 1.54) is 12.1 Å². The smallest absolute Gasteiger partial charge is 0.178 e. The SMILES string of the molecule is Cc1ccncc1-c1ccc2[nH]nc(-c3nc4nccc(-c5cc(O)cc(F)c5)c4[nH]3)c2n1. The third-order valence-electron chi connectivity index (χ3n) is 5.53. The van der Waals surface area contributed by atoms with Crippen molar-refractivity contribution in [3.05, 3.63) is 72.4 Å². The average molecular weight is 437 g/mol. The number of hydrogen-bond donors (Lipinski definition) is 3. The highest BCUT2D eigenvalue weighted by Gasteiger charge is 2.18. The summed E-state index contributed by atoms with van der Waals surface area (Å²) in [5.74, 6) is -0.213. The molecule has 5 aromatic heterocycles. The number of pyridine rings is 3. The maximum absolute atomic E-state index is 13.9. The van der Waals surface area contributed by atoms with E-state index in [1.807, 2.05) is 25.1 Å². The van der Waals surface area contributed by atoms with E-state index in [1.54, 1.807) is 24.7 Å². The van der Waals surface area contributed by atoms with Crippen molar-refractivity contribution in [2.24, 2.45) is 0 Å². The van der Waals surface area contributed by atoms with Crippen LogP contribution < -0.4 is 0 Å². The number of benzene rings is 1. The van der Waals surface area contributed by atoms with E-state index in [4.69, 9.17) is 4.98 Å². The summed E-state index contributed by atoms with van der Waals surface area (Å²) in [5.41, 5.74) is 6.96. The maximum Gasteiger partial charge on any atom is 0.178 e. The number of halogens is 1. The van der Waals surface area contributed by atoms with Gasteiger partial charge in [0.25, 0.3) is 0 Å². The second-order valence-corrected chi connectivity index (χ2v) is 7.70. The molecule has 0 amide bonds. The number of phenols is 1. The first-order valence-electron chi connectivity index (χ1n) is 10.2. The highest BCUT2D eigenvalue weighted by Crippen LogP contribution is 2.32. The number of phenolic OH excluding ortho intramolecular Hbond substituents is 1. The fourth-order valence-corrected chi connectivity index (χ4v) is 3.94. The van der Waals surface area contributed by atoms with Gasteiger partial charge in [-0.25, -0.2) is 19.3 Å². The van der Waals surface area contributed by atoms with Crippen molar-refractivity contribution in [3.8, 4) is 39.7 Å². The number of nitrogens with zero attached hydrogens (tertiary/aromatic N) is 5. The third kappa shape index (κ3) is 3.18. The molecule has 160 valence electrons. The van der Waals surface area contributed by atoms with Crippen LogP contribution in [0.3, 0.4) is 0 Å². The lowest BCUT2D eigenvalue weighted by molar-refractivity contribution is 0.469. The maximum atomic E-state index is 13.9. The molecule has 0 bridgehead atoms. The molecule has 0 radical (unpaired) electrons. The van der Waals surface area contributed by atoms with Gasteiger partial charge in [-0.1, -0.05) is 0 Å². The van der Waals surface area contributed by atoms with Gasteiger partial charge in [-0.15, -0.1) is 0 Å². The van der Waals surface area contributed by atoms with Gasteiger partial charge in [0.05, 0.1) is 16.7 Å². The molecule has 0 saturated carbocycles. The van der Waals surface area contributed by atoms with Crippen molar-refractivity contribution in [1.82, 2.24) is 35.1 Å². The van der Waals surface area contributed by atoms with Crippen LogP contribution in [0.15, 0.2) is 61.1 Å². The minimum atomic E-state index is -0.532. The van der Waals surface area contributed by atoms with Crippen molar-refractivity contribution in [2.75, 3.05) is 0 Å². The van der Waals surface area contributed by atoms with Gasteiger partial charge in [0.1, 0.15) is 17.1 Å². The average Bonchev–Trinajstić information content (AvgIpc) is 3.42. The molecule has 6 rings (SSSR count). The normalized spacial score (nSPS) is 11.5. The summed E-state index contributed by atoms with van der Waals surface area (Å²) < 4.78 is 13.9. The fourth-order valence-electron chi connectivity index (χ4n) is 3.94. The van der Waals surface area contributed by atoms with Crippen LogP contribution in [0, 0.1) is 12.7 Å². The number of aromatic nitrogens is 7. The zero-order chi connectivity index (χ0) is 22.5. The molecule has 6 aromatic rings. The number of fused-ring (bicyclic) bond motifs is 2. The first-order valence-corrected chi connectivity index (χ1v) is 10.2. The van der Waals surface area contributed by atoms with E-state index < -0.39 is 5.82 Å². The van der Waals surface area contributed by atoms with Gasteiger partial charge in [0.2, 0.25) is 0 Å².